The molecule has 170 valence electrons. The molecule has 1 aromatic carbocycles. The molecule has 0 saturated heterocycles. The van der Waals surface area contributed by atoms with E-state index in [1.54, 1.807) is 0 Å². The van der Waals surface area contributed by atoms with Gasteiger partial charge in [0, 0.05) is 13.0 Å². The van der Waals surface area contributed by atoms with Crippen molar-refractivity contribution in [2.24, 2.45) is 23.2 Å². The standard InChI is InChI=1S/C25H29NO6/c27-21(28)2-1-6-26-22(29)19-4-3-18(11-20(19)23(26)30)24(31)32-7-5-25-12-15-8-16(13-25)10-17(9-15)14-25/h3-4,11,15-17H,1-2,5-10,12-14H2,(H,27,28). The predicted octanol–water partition coefficient (Wildman–Crippen LogP) is 3.91. The van der Waals surface area contributed by atoms with E-state index in [9.17, 15) is 19.2 Å². The highest BCUT2D eigenvalue weighted by Gasteiger charge is 2.50. The van der Waals surface area contributed by atoms with Gasteiger partial charge in [-0.1, -0.05) is 0 Å². The van der Waals surface area contributed by atoms with Gasteiger partial charge in [0.15, 0.2) is 0 Å². The molecule has 4 aliphatic carbocycles. The van der Waals surface area contributed by atoms with Crippen molar-refractivity contribution in [3.63, 3.8) is 0 Å². The molecule has 1 N–H and O–H groups in total. The molecule has 32 heavy (non-hydrogen) atoms. The summed E-state index contributed by atoms with van der Waals surface area (Å²) in [5, 5.41) is 8.77. The second-order valence-electron chi connectivity index (χ2n) is 10.3. The highest BCUT2D eigenvalue weighted by atomic mass is 16.5. The number of hydrogen-bond acceptors (Lipinski definition) is 5. The van der Waals surface area contributed by atoms with E-state index in [0.717, 1.165) is 29.1 Å². The van der Waals surface area contributed by atoms with Crippen LogP contribution in [-0.2, 0) is 9.53 Å². The lowest BCUT2D eigenvalue weighted by Crippen LogP contribution is -2.46. The summed E-state index contributed by atoms with van der Waals surface area (Å²) in [4.78, 5) is 49.5. The van der Waals surface area contributed by atoms with Crippen molar-refractivity contribution in [3.05, 3.63) is 34.9 Å². The molecule has 2 amide bonds. The Morgan fingerprint density at radius 1 is 1.00 bits per heavy atom. The van der Waals surface area contributed by atoms with Crippen LogP contribution in [-0.4, -0.2) is 46.9 Å². The van der Waals surface area contributed by atoms with Gasteiger partial charge in [0.05, 0.1) is 23.3 Å². The molecular weight excluding hydrogens is 410 g/mol. The van der Waals surface area contributed by atoms with Crippen LogP contribution in [0.4, 0.5) is 0 Å². The number of amides is 2. The first-order valence-corrected chi connectivity index (χ1v) is 11.7. The number of carbonyl (C=O) groups excluding carboxylic acids is 3. The van der Waals surface area contributed by atoms with Crippen LogP contribution in [0.5, 0.6) is 0 Å². The van der Waals surface area contributed by atoms with Crippen LogP contribution in [0.15, 0.2) is 18.2 Å². The second-order valence-corrected chi connectivity index (χ2v) is 10.3. The summed E-state index contributed by atoms with van der Waals surface area (Å²) in [6.07, 6.45) is 8.94. The fraction of sp³-hybridized carbons (Fsp3) is 0.600. The minimum Gasteiger partial charge on any atom is -0.481 e. The number of rotatable bonds is 8. The monoisotopic (exact) mass is 439 g/mol. The molecule has 0 unspecified atom stereocenters. The Bertz CT molecular complexity index is 947. The summed E-state index contributed by atoms with van der Waals surface area (Å²) in [6, 6.07) is 4.44. The number of carbonyl (C=O) groups is 4. The van der Waals surface area contributed by atoms with Crippen LogP contribution in [0.1, 0.15) is 88.9 Å². The smallest absolute Gasteiger partial charge is 0.338 e. The van der Waals surface area contributed by atoms with Gasteiger partial charge in [0.1, 0.15) is 0 Å². The Morgan fingerprint density at radius 3 is 2.25 bits per heavy atom. The van der Waals surface area contributed by atoms with Crippen molar-refractivity contribution in [1.82, 2.24) is 4.90 Å². The van der Waals surface area contributed by atoms with E-state index >= 15 is 0 Å². The number of aliphatic carboxylic acids is 1. The molecule has 4 saturated carbocycles. The van der Waals surface area contributed by atoms with E-state index in [-0.39, 0.29) is 36.1 Å². The van der Waals surface area contributed by atoms with Crippen molar-refractivity contribution in [2.75, 3.05) is 13.2 Å². The highest BCUT2D eigenvalue weighted by Crippen LogP contribution is 2.61. The Morgan fingerprint density at radius 2 is 1.62 bits per heavy atom. The zero-order valence-electron chi connectivity index (χ0n) is 18.2. The first-order chi connectivity index (χ1) is 15.3. The number of carboxylic acids is 1. The van der Waals surface area contributed by atoms with Gasteiger partial charge in [-0.2, -0.15) is 0 Å². The molecule has 0 atom stereocenters. The van der Waals surface area contributed by atoms with Gasteiger partial charge in [-0.3, -0.25) is 19.3 Å². The lowest BCUT2D eigenvalue weighted by molar-refractivity contribution is -0.137. The van der Waals surface area contributed by atoms with Gasteiger partial charge < -0.3 is 9.84 Å². The van der Waals surface area contributed by atoms with E-state index in [4.69, 9.17) is 9.84 Å². The number of ether oxygens (including phenoxy) is 1. The number of benzene rings is 1. The maximum atomic E-state index is 12.6. The summed E-state index contributed by atoms with van der Waals surface area (Å²) < 4.78 is 5.59. The molecule has 4 fully saturated rings. The molecule has 1 aliphatic heterocycles. The number of nitrogens with zero attached hydrogens (tertiary/aromatic N) is 1. The average molecular weight is 440 g/mol. The summed E-state index contributed by atoms with van der Waals surface area (Å²) in [7, 11) is 0. The molecule has 1 aromatic rings. The van der Waals surface area contributed by atoms with Crippen molar-refractivity contribution in [1.29, 1.82) is 0 Å². The summed E-state index contributed by atoms with van der Waals surface area (Å²) >= 11 is 0. The maximum Gasteiger partial charge on any atom is 0.338 e. The largest absolute Gasteiger partial charge is 0.481 e. The van der Waals surface area contributed by atoms with Gasteiger partial charge in [-0.15, -0.1) is 0 Å². The van der Waals surface area contributed by atoms with Crippen molar-refractivity contribution in [3.8, 4) is 0 Å². The Balaban J connectivity index is 1.19. The molecule has 0 aromatic heterocycles. The van der Waals surface area contributed by atoms with Crippen LogP contribution < -0.4 is 0 Å². The van der Waals surface area contributed by atoms with Crippen molar-refractivity contribution >= 4 is 23.8 Å². The number of imide groups is 1. The number of carboxylic acid groups (broad SMARTS) is 1. The van der Waals surface area contributed by atoms with Crippen LogP contribution in [0.3, 0.4) is 0 Å². The Kier molecular flexibility index (Phi) is 5.30. The zero-order chi connectivity index (χ0) is 22.5. The molecule has 0 spiro atoms. The minimum atomic E-state index is -0.972. The topological polar surface area (TPSA) is 101 Å². The molecule has 7 nitrogen and oxygen atoms in total. The van der Waals surface area contributed by atoms with E-state index in [1.807, 2.05) is 0 Å². The Hall–Kier alpha value is -2.70. The van der Waals surface area contributed by atoms with E-state index < -0.39 is 23.8 Å². The van der Waals surface area contributed by atoms with Crippen molar-refractivity contribution in [2.45, 2.75) is 57.8 Å². The quantitative estimate of drug-likeness (QED) is 0.487. The van der Waals surface area contributed by atoms with Gasteiger partial charge in [-0.05, 0) is 92.7 Å². The highest BCUT2D eigenvalue weighted by molar-refractivity contribution is 6.21. The maximum absolute atomic E-state index is 12.6. The number of esters is 1. The SMILES string of the molecule is O=C(O)CCCN1C(=O)c2ccc(C(=O)OCCC34CC5CC(CC(C5)C3)C4)cc2C1=O. The summed E-state index contributed by atoms with van der Waals surface area (Å²) in [6.45, 7) is 0.430. The minimum absolute atomic E-state index is 0.0451. The summed E-state index contributed by atoms with van der Waals surface area (Å²) in [5.41, 5.74) is 1.03. The lowest BCUT2D eigenvalue weighted by Gasteiger charge is -2.57. The fourth-order valence-corrected chi connectivity index (χ4v) is 7.05. The zero-order valence-corrected chi connectivity index (χ0v) is 18.2. The molecule has 0 radical (unpaired) electrons. The average Bonchev–Trinajstić information content (AvgIpc) is 2.96. The molecular formula is C25H29NO6. The fourth-order valence-electron chi connectivity index (χ4n) is 7.05. The number of hydrogen-bond donors (Lipinski definition) is 1. The third-order valence-corrected chi connectivity index (χ3v) is 8.01. The first kappa shape index (κ1) is 21.2. The molecule has 4 bridgehead atoms. The Labute approximate surface area is 187 Å². The van der Waals surface area contributed by atoms with Crippen LogP contribution >= 0.6 is 0 Å². The molecule has 7 heteroatoms. The van der Waals surface area contributed by atoms with E-state index in [2.05, 4.69) is 0 Å². The second kappa shape index (κ2) is 8.01. The van der Waals surface area contributed by atoms with Crippen LogP contribution in [0, 0.1) is 23.2 Å². The van der Waals surface area contributed by atoms with Crippen molar-refractivity contribution < 1.29 is 29.0 Å². The normalized spacial score (nSPS) is 30.0. The van der Waals surface area contributed by atoms with E-state index in [1.165, 1.54) is 56.7 Å². The van der Waals surface area contributed by atoms with Gasteiger partial charge in [0.25, 0.3) is 11.8 Å². The third-order valence-electron chi connectivity index (χ3n) is 8.01. The lowest BCUT2D eigenvalue weighted by atomic mass is 9.49. The summed E-state index contributed by atoms with van der Waals surface area (Å²) in [5.74, 6) is 0.194. The first-order valence-electron chi connectivity index (χ1n) is 11.7. The van der Waals surface area contributed by atoms with Crippen LogP contribution in [0.25, 0.3) is 0 Å². The van der Waals surface area contributed by atoms with E-state index in [0.29, 0.717) is 12.0 Å². The molecule has 6 rings (SSSR count). The number of fused-ring (bicyclic) bond motifs is 1. The van der Waals surface area contributed by atoms with Crippen LogP contribution in [0.2, 0.25) is 0 Å². The third kappa shape index (κ3) is 3.82. The predicted molar refractivity (Wildman–Crippen MR) is 114 cm³/mol. The van der Waals surface area contributed by atoms with Gasteiger partial charge >= 0.3 is 11.9 Å². The molecule has 5 aliphatic rings. The van der Waals surface area contributed by atoms with Gasteiger partial charge in [-0.25, -0.2) is 4.79 Å². The van der Waals surface area contributed by atoms with Gasteiger partial charge in [0.2, 0.25) is 0 Å². The molecule has 1 heterocycles.